The van der Waals surface area contributed by atoms with Crippen molar-refractivity contribution in [1.29, 1.82) is 0 Å². The molecule has 1 N–H and O–H groups in total. The van der Waals surface area contributed by atoms with Gasteiger partial charge < -0.3 is 5.32 Å². The van der Waals surface area contributed by atoms with Gasteiger partial charge in [-0.1, -0.05) is 15.9 Å². The summed E-state index contributed by atoms with van der Waals surface area (Å²) in [5.74, 6) is 0. The predicted octanol–water partition coefficient (Wildman–Crippen LogP) is 6.21. The van der Waals surface area contributed by atoms with Gasteiger partial charge in [0.25, 0.3) is 0 Å². The maximum Gasteiger partial charge on any atom is 0.417 e. The van der Waals surface area contributed by atoms with Crippen LogP contribution in [0.4, 0.5) is 18.9 Å². The van der Waals surface area contributed by atoms with Crippen molar-refractivity contribution in [3.05, 3.63) is 48.5 Å². The molecule has 0 aliphatic heterocycles. The largest absolute Gasteiger partial charge is 0.417 e. The lowest BCUT2D eigenvalue weighted by atomic mass is 10.2. The van der Waals surface area contributed by atoms with Crippen molar-refractivity contribution in [3.8, 4) is 0 Å². The van der Waals surface area contributed by atoms with Crippen molar-refractivity contribution in [2.24, 2.45) is 0 Å². The molecule has 0 bridgehead atoms. The molecule has 0 atom stereocenters. The zero-order valence-electron chi connectivity index (χ0n) is 10.3. The molecule has 1 aromatic heterocycles. The fraction of sp³-hybridized carbons (Fsp3) is 0.231. The number of aryl methyl sites for hydroxylation is 1. The minimum absolute atomic E-state index is 0.0465. The van der Waals surface area contributed by atoms with Crippen molar-refractivity contribution < 1.29 is 13.2 Å². The van der Waals surface area contributed by atoms with E-state index in [2.05, 4.69) is 37.2 Å². The van der Waals surface area contributed by atoms with Crippen LogP contribution in [0.1, 0.15) is 15.3 Å². The minimum Gasteiger partial charge on any atom is -0.380 e. The van der Waals surface area contributed by atoms with Gasteiger partial charge in [-0.2, -0.15) is 13.2 Å². The fourth-order valence-electron chi connectivity index (χ4n) is 1.65. The van der Waals surface area contributed by atoms with E-state index in [9.17, 15) is 13.2 Å². The van der Waals surface area contributed by atoms with Gasteiger partial charge in [-0.15, -0.1) is 11.3 Å². The first-order chi connectivity index (χ1) is 9.27. The molecule has 0 amide bonds. The predicted molar refractivity (Wildman–Crippen MR) is 83.2 cm³/mol. The number of anilines is 1. The quantitative estimate of drug-likeness (QED) is 0.612. The molecule has 108 valence electrons. The van der Waals surface area contributed by atoms with Crippen LogP contribution >= 0.6 is 43.2 Å². The SMILES string of the molecule is Cc1sc(CNc2ccc(Br)c(C(F)(F)F)c2)cc1Br. The highest BCUT2D eigenvalue weighted by Crippen LogP contribution is 2.36. The summed E-state index contributed by atoms with van der Waals surface area (Å²) in [6.45, 7) is 2.48. The van der Waals surface area contributed by atoms with E-state index in [-0.39, 0.29) is 4.47 Å². The Hall–Kier alpha value is -0.530. The Morgan fingerprint density at radius 3 is 2.40 bits per heavy atom. The third kappa shape index (κ3) is 3.77. The summed E-state index contributed by atoms with van der Waals surface area (Å²) < 4.78 is 39.4. The Labute approximate surface area is 135 Å². The van der Waals surface area contributed by atoms with Crippen molar-refractivity contribution in [2.45, 2.75) is 19.6 Å². The van der Waals surface area contributed by atoms with Gasteiger partial charge in [-0.05, 0) is 47.1 Å². The van der Waals surface area contributed by atoms with E-state index in [0.29, 0.717) is 12.2 Å². The molecule has 1 aromatic carbocycles. The van der Waals surface area contributed by atoms with Gasteiger partial charge in [0, 0.05) is 30.9 Å². The molecule has 20 heavy (non-hydrogen) atoms. The second-order valence-corrected chi connectivity index (χ2v) is 7.21. The monoisotopic (exact) mass is 427 g/mol. The van der Waals surface area contributed by atoms with Crippen LogP contribution in [-0.4, -0.2) is 0 Å². The van der Waals surface area contributed by atoms with Crippen LogP contribution in [0.5, 0.6) is 0 Å². The molecule has 2 rings (SSSR count). The highest BCUT2D eigenvalue weighted by molar-refractivity contribution is 9.10. The van der Waals surface area contributed by atoms with Gasteiger partial charge in [0.1, 0.15) is 0 Å². The molecule has 0 unspecified atom stereocenters. The molecule has 0 aliphatic carbocycles. The van der Waals surface area contributed by atoms with E-state index in [1.165, 1.54) is 6.07 Å². The average Bonchev–Trinajstić information content (AvgIpc) is 2.66. The molecule has 0 spiro atoms. The van der Waals surface area contributed by atoms with Crippen molar-refractivity contribution in [1.82, 2.24) is 0 Å². The minimum atomic E-state index is -4.36. The molecule has 0 radical (unpaired) electrons. The zero-order chi connectivity index (χ0) is 14.9. The van der Waals surface area contributed by atoms with Crippen LogP contribution in [-0.2, 0) is 12.7 Å². The first-order valence-corrected chi connectivity index (χ1v) is 8.03. The van der Waals surface area contributed by atoms with Crippen molar-refractivity contribution in [2.75, 3.05) is 5.32 Å². The maximum atomic E-state index is 12.8. The Morgan fingerprint density at radius 2 is 1.85 bits per heavy atom. The number of thiophene rings is 1. The third-order valence-electron chi connectivity index (χ3n) is 2.65. The molecule has 0 saturated heterocycles. The van der Waals surface area contributed by atoms with E-state index >= 15 is 0 Å². The van der Waals surface area contributed by atoms with Gasteiger partial charge in [0.05, 0.1) is 5.56 Å². The third-order valence-corrected chi connectivity index (χ3v) is 5.47. The Bertz CT molecular complexity index is 603. The van der Waals surface area contributed by atoms with Crippen LogP contribution in [0.2, 0.25) is 0 Å². The second-order valence-electron chi connectivity index (χ2n) is 4.16. The van der Waals surface area contributed by atoms with Crippen molar-refractivity contribution >= 4 is 48.9 Å². The second kappa shape index (κ2) is 6.07. The number of benzene rings is 1. The van der Waals surface area contributed by atoms with Crippen LogP contribution < -0.4 is 5.32 Å². The zero-order valence-corrected chi connectivity index (χ0v) is 14.3. The summed E-state index contributed by atoms with van der Waals surface area (Å²) in [5, 5.41) is 3.01. The van der Waals surface area contributed by atoms with Crippen LogP contribution in [0.15, 0.2) is 33.2 Å². The molecule has 1 nitrogen and oxygen atoms in total. The Balaban J connectivity index is 2.14. The van der Waals surface area contributed by atoms with E-state index in [0.717, 1.165) is 20.3 Å². The Morgan fingerprint density at radius 1 is 1.15 bits per heavy atom. The Kier molecular flexibility index (Phi) is 4.81. The number of rotatable bonds is 3. The standard InChI is InChI=1S/C13H10Br2F3NS/c1-7-12(15)5-9(20-7)6-19-8-2-3-11(14)10(4-8)13(16,17)18/h2-5,19H,6H2,1H3. The van der Waals surface area contributed by atoms with Crippen molar-refractivity contribution in [3.63, 3.8) is 0 Å². The van der Waals surface area contributed by atoms with Gasteiger partial charge in [-0.25, -0.2) is 0 Å². The van der Waals surface area contributed by atoms with Gasteiger partial charge >= 0.3 is 6.18 Å². The summed E-state index contributed by atoms with van der Waals surface area (Å²) in [7, 11) is 0. The molecule has 0 fully saturated rings. The first-order valence-electron chi connectivity index (χ1n) is 5.63. The highest BCUT2D eigenvalue weighted by Gasteiger charge is 2.33. The molecule has 1 heterocycles. The van der Waals surface area contributed by atoms with E-state index in [1.54, 1.807) is 17.4 Å². The molecular weight excluding hydrogens is 419 g/mol. The van der Waals surface area contributed by atoms with E-state index < -0.39 is 11.7 Å². The maximum absolute atomic E-state index is 12.8. The summed E-state index contributed by atoms with van der Waals surface area (Å²) in [6, 6.07) is 6.10. The van der Waals surface area contributed by atoms with E-state index in [4.69, 9.17) is 0 Å². The lowest BCUT2D eigenvalue weighted by molar-refractivity contribution is -0.138. The van der Waals surface area contributed by atoms with Gasteiger partial charge in [0.15, 0.2) is 0 Å². The highest BCUT2D eigenvalue weighted by atomic mass is 79.9. The lowest BCUT2D eigenvalue weighted by Crippen LogP contribution is -2.07. The van der Waals surface area contributed by atoms with Crippen LogP contribution in [0.25, 0.3) is 0 Å². The smallest absolute Gasteiger partial charge is 0.380 e. The molecule has 2 aromatic rings. The first kappa shape index (κ1) is 15.9. The number of halogens is 5. The fourth-order valence-corrected chi connectivity index (χ4v) is 3.66. The summed E-state index contributed by atoms with van der Waals surface area (Å²) in [5.41, 5.74) is -0.228. The lowest BCUT2D eigenvalue weighted by Gasteiger charge is -2.12. The molecular formula is C13H10Br2F3NS. The van der Waals surface area contributed by atoms with Crippen LogP contribution in [0.3, 0.4) is 0 Å². The number of nitrogens with one attached hydrogen (secondary N) is 1. The summed E-state index contributed by atoms with van der Waals surface area (Å²) >= 11 is 7.95. The topological polar surface area (TPSA) is 12.0 Å². The molecule has 0 saturated carbocycles. The molecule has 0 aliphatic rings. The normalized spacial score (nSPS) is 11.7. The van der Waals surface area contributed by atoms with Crippen LogP contribution in [0, 0.1) is 6.92 Å². The summed E-state index contributed by atoms with van der Waals surface area (Å²) in [6.07, 6.45) is -4.36. The molecule has 7 heteroatoms. The van der Waals surface area contributed by atoms with E-state index in [1.807, 2.05) is 13.0 Å². The number of alkyl halides is 3. The van der Waals surface area contributed by atoms with Gasteiger partial charge in [0.2, 0.25) is 0 Å². The average molecular weight is 429 g/mol. The van der Waals surface area contributed by atoms with Gasteiger partial charge in [-0.3, -0.25) is 0 Å². The number of hydrogen-bond donors (Lipinski definition) is 1. The summed E-state index contributed by atoms with van der Waals surface area (Å²) in [4.78, 5) is 2.21. The number of hydrogen-bond acceptors (Lipinski definition) is 2.